The minimum atomic E-state index is -0.421. The molecule has 6 nitrogen and oxygen atoms in total. The fourth-order valence-corrected chi connectivity index (χ4v) is 3.51. The molecule has 1 heterocycles. The molecule has 29 heavy (non-hydrogen) atoms. The number of rotatable bonds is 7. The van der Waals surface area contributed by atoms with Crippen molar-refractivity contribution in [2.75, 3.05) is 36.8 Å². The Kier molecular flexibility index (Phi) is 6.95. The van der Waals surface area contributed by atoms with Crippen molar-refractivity contribution in [2.24, 2.45) is 0 Å². The fraction of sp³-hybridized carbons (Fsp3) is 0.364. The zero-order valence-corrected chi connectivity index (χ0v) is 16.8. The predicted molar refractivity (Wildman–Crippen MR) is 113 cm³/mol. The number of likely N-dealkylation sites (N-methyl/N-ethyl adjacent to an activating group) is 1. The predicted octanol–water partition coefficient (Wildman–Crippen LogP) is 3.00. The van der Waals surface area contributed by atoms with Crippen LogP contribution in [0.5, 0.6) is 0 Å². The van der Waals surface area contributed by atoms with Gasteiger partial charge in [-0.15, -0.1) is 0 Å². The van der Waals surface area contributed by atoms with Crippen LogP contribution >= 0.6 is 0 Å². The number of hydrogen-bond donors (Lipinski definition) is 3. The quantitative estimate of drug-likeness (QED) is 0.670. The van der Waals surface area contributed by atoms with Crippen LogP contribution in [0.15, 0.2) is 36.4 Å². The van der Waals surface area contributed by atoms with E-state index in [-0.39, 0.29) is 11.8 Å². The van der Waals surface area contributed by atoms with E-state index in [4.69, 9.17) is 0 Å². The van der Waals surface area contributed by atoms with Crippen LogP contribution < -0.4 is 16.0 Å². The van der Waals surface area contributed by atoms with Gasteiger partial charge in [-0.1, -0.05) is 19.9 Å². The Morgan fingerprint density at radius 1 is 1.10 bits per heavy atom. The van der Waals surface area contributed by atoms with Gasteiger partial charge >= 0.3 is 0 Å². The first kappa shape index (κ1) is 21.0. The molecule has 0 aromatic heterocycles. The summed E-state index contributed by atoms with van der Waals surface area (Å²) in [6.45, 7) is 7.24. The smallest absolute Gasteiger partial charge is 0.256 e. The van der Waals surface area contributed by atoms with E-state index in [0.717, 1.165) is 30.8 Å². The van der Waals surface area contributed by atoms with Crippen LogP contribution in [-0.2, 0) is 17.8 Å². The number of benzene rings is 2. The summed E-state index contributed by atoms with van der Waals surface area (Å²) in [5.74, 6) is -0.881. The molecule has 0 atom stereocenters. The Morgan fingerprint density at radius 2 is 1.83 bits per heavy atom. The third kappa shape index (κ3) is 5.40. The van der Waals surface area contributed by atoms with Gasteiger partial charge in [0.15, 0.2) is 0 Å². The van der Waals surface area contributed by atoms with Crippen molar-refractivity contribution in [2.45, 2.75) is 26.8 Å². The van der Waals surface area contributed by atoms with E-state index in [1.165, 1.54) is 12.1 Å². The first-order valence-electron chi connectivity index (χ1n) is 9.95. The summed E-state index contributed by atoms with van der Waals surface area (Å²) < 4.78 is 14.0. The maximum absolute atomic E-state index is 14.0. The van der Waals surface area contributed by atoms with E-state index < -0.39 is 5.82 Å². The van der Waals surface area contributed by atoms with Crippen molar-refractivity contribution in [1.82, 2.24) is 10.2 Å². The van der Waals surface area contributed by atoms with Crippen LogP contribution in [0, 0.1) is 5.82 Å². The molecule has 1 aliphatic heterocycles. The maximum atomic E-state index is 14.0. The highest BCUT2D eigenvalue weighted by Crippen LogP contribution is 2.23. The molecular weight excluding hydrogens is 371 g/mol. The van der Waals surface area contributed by atoms with Gasteiger partial charge in [-0.25, -0.2) is 4.39 Å². The third-order valence-corrected chi connectivity index (χ3v) is 5.08. The molecule has 0 radical (unpaired) electrons. The number of carbonyl (C=O) groups is 2. The number of nitrogens with one attached hydrogen (secondary N) is 3. The van der Waals surface area contributed by atoms with Gasteiger partial charge in [0.05, 0.1) is 6.54 Å². The molecule has 1 aliphatic rings. The largest absolute Gasteiger partial charge is 0.325 e. The Balaban J connectivity index is 1.71. The lowest BCUT2D eigenvalue weighted by Crippen LogP contribution is -2.32. The Labute approximate surface area is 170 Å². The lowest BCUT2D eigenvalue weighted by Gasteiger charge is -2.20. The van der Waals surface area contributed by atoms with Crippen molar-refractivity contribution < 1.29 is 14.0 Å². The van der Waals surface area contributed by atoms with Gasteiger partial charge in [0.1, 0.15) is 5.82 Å². The zero-order valence-electron chi connectivity index (χ0n) is 16.8. The van der Waals surface area contributed by atoms with Gasteiger partial charge in [-0.2, -0.15) is 0 Å². The van der Waals surface area contributed by atoms with E-state index >= 15 is 0 Å². The van der Waals surface area contributed by atoms with Crippen LogP contribution in [0.25, 0.3) is 0 Å². The maximum Gasteiger partial charge on any atom is 0.256 e. The number of nitrogens with zero attached hydrogens (tertiary/aromatic N) is 1. The summed E-state index contributed by atoms with van der Waals surface area (Å²) >= 11 is 0. The molecule has 154 valence electrons. The number of hydrogen-bond acceptors (Lipinski definition) is 4. The highest BCUT2D eigenvalue weighted by molar-refractivity contribution is 6.06. The normalized spacial score (nSPS) is 13.1. The minimum Gasteiger partial charge on any atom is -0.325 e. The van der Waals surface area contributed by atoms with Crippen LogP contribution in [0.1, 0.15) is 35.3 Å². The Hall–Kier alpha value is -2.77. The molecule has 3 rings (SSSR count). The molecular formula is C22H27FN4O2. The molecule has 3 N–H and O–H groups in total. The van der Waals surface area contributed by atoms with Crippen LogP contribution in [0.3, 0.4) is 0 Å². The number of carbonyl (C=O) groups excluding carboxylic acids is 2. The molecule has 0 fully saturated rings. The van der Waals surface area contributed by atoms with Crippen LogP contribution in [-0.4, -0.2) is 42.9 Å². The molecule has 0 bridgehead atoms. The number of halogens is 1. The molecule has 7 heteroatoms. The van der Waals surface area contributed by atoms with Crippen LogP contribution in [0.2, 0.25) is 0 Å². The summed E-state index contributed by atoms with van der Waals surface area (Å²) in [6, 6.07) is 9.73. The summed E-state index contributed by atoms with van der Waals surface area (Å²) in [6.07, 6.45) is 0.680. The van der Waals surface area contributed by atoms with E-state index in [9.17, 15) is 14.0 Å². The first-order chi connectivity index (χ1) is 14.0. The molecule has 0 saturated carbocycles. The number of amides is 2. The van der Waals surface area contributed by atoms with Gasteiger partial charge < -0.3 is 16.0 Å². The van der Waals surface area contributed by atoms with Gasteiger partial charge in [0.25, 0.3) is 5.91 Å². The summed E-state index contributed by atoms with van der Waals surface area (Å²) in [4.78, 5) is 27.0. The molecule has 2 aromatic rings. The van der Waals surface area contributed by atoms with Gasteiger partial charge in [0, 0.05) is 23.5 Å². The van der Waals surface area contributed by atoms with E-state index in [0.29, 0.717) is 36.4 Å². The molecule has 0 aliphatic carbocycles. The van der Waals surface area contributed by atoms with Gasteiger partial charge in [-0.3, -0.25) is 14.5 Å². The summed E-state index contributed by atoms with van der Waals surface area (Å²) in [5.41, 5.74) is 3.20. The fourth-order valence-electron chi connectivity index (χ4n) is 3.51. The van der Waals surface area contributed by atoms with Gasteiger partial charge in [-0.05, 0) is 67.5 Å². The zero-order chi connectivity index (χ0) is 20.8. The topological polar surface area (TPSA) is 73.5 Å². The molecule has 0 saturated heterocycles. The minimum absolute atomic E-state index is 0.108. The second-order valence-corrected chi connectivity index (χ2v) is 7.06. The Bertz CT molecular complexity index is 896. The Morgan fingerprint density at radius 3 is 2.55 bits per heavy atom. The number of anilines is 2. The molecule has 0 unspecified atom stereocenters. The van der Waals surface area contributed by atoms with Crippen molar-refractivity contribution >= 4 is 23.2 Å². The van der Waals surface area contributed by atoms with Crippen LogP contribution in [0.4, 0.5) is 15.8 Å². The van der Waals surface area contributed by atoms with Crippen molar-refractivity contribution in [1.29, 1.82) is 0 Å². The van der Waals surface area contributed by atoms with Crippen molar-refractivity contribution in [3.63, 3.8) is 0 Å². The second-order valence-electron chi connectivity index (χ2n) is 7.06. The van der Waals surface area contributed by atoms with Crippen molar-refractivity contribution in [3.8, 4) is 0 Å². The third-order valence-electron chi connectivity index (χ3n) is 5.08. The average Bonchev–Trinajstić information content (AvgIpc) is 2.71. The molecule has 2 aromatic carbocycles. The summed E-state index contributed by atoms with van der Waals surface area (Å²) in [5, 5.41) is 8.87. The van der Waals surface area contributed by atoms with E-state index in [1.54, 1.807) is 24.3 Å². The first-order valence-corrected chi connectivity index (χ1v) is 9.95. The SMILES string of the molecule is CCN(CC)CC(=O)Nc1cccc(NC(=O)c2cc(F)cc3c2CCNC3)c1. The standard InChI is InChI=1S/C22H27FN4O2/c1-3-27(4-2)14-21(28)25-17-6-5-7-18(12-17)26-22(29)20-11-16(23)10-15-13-24-9-8-19(15)20/h5-7,10-12,24H,3-4,8-9,13-14H2,1-2H3,(H,25,28)(H,26,29). The lowest BCUT2D eigenvalue weighted by atomic mass is 9.94. The highest BCUT2D eigenvalue weighted by atomic mass is 19.1. The lowest BCUT2D eigenvalue weighted by molar-refractivity contribution is -0.117. The van der Waals surface area contributed by atoms with Gasteiger partial charge in [0.2, 0.25) is 5.91 Å². The van der Waals surface area contributed by atoms with E-state index in [2.05, 4.69) is 16.0 Å². The number of fused-ring (bicyclic) bond motifs is 1. The monoisotopic (exact) mass is 398 g/mol. The average molecular weight is 398 g/mol. The molecule has 0 spiro atoms. The molecule has 2 amide bonds. The summed E-state index contributed by atoms with van der Waals surface area (Å²) in [7, 11) is 0. The second kappa shape index (κ2) is 9.62. The van der Waals surface area contributed by atoms with E-state index in [1.807, 2.05) is 18.7 Å². The highest BCUT2D eigenvalue weighted by Gasteiger charge is 2.19. The van der Waals surface area contributed by atoms with Crippen molar-refractivity contribution in [3.05, 3.63) is 58.9 Å².